The molecule has 0 atom stereocenters. The van der Waals surface area contributed by atoms with Crippen molar-refractivity contribution < 1.29 is 14.4 Å². The number of hydrogen-bond donors (Lipinski definition) is 1. The van der Waals surface area contributed by atoms with Gasteiger partial charge in [0.1, 0.15) is 5.15 Å². The van der Waals surface area contributed by atoms with Gasteiger partial charge < -0.3 is 15.1 Å². The summed E-state index contributed by atoms with van der Waals surface area (Å²) in [7, 11) is 0. The van der Waals surface area contributed by atoms with E-state index in [0.717, 1.165) is 0 Å². The predicted molar refractivity (Wildman–Crippen MR) is 85.0 cm³/mol. The number of amides is 3. The van der Waals surface area contributed by atoms with Gasteiger partial charge in [-0.1, -0.05) is 11.6 Å². The molecule has 0 spiro atoms. The molecule has 1 aromatic rings. The molecule has 0 aliphatic carbocycles. The number of piperazine rings is 1. The van der Waals surface area contributed by atoms with Gasteiger partial charge in [0.05, 0.1) is 5.56 Å². The number of carbonyl (C=O) groups is 3. The van der Waals surface area contributed by atoms with Crippen LogP contribution in [0, 0.1) is 0 Å². The molecule has 0 radical (unpaired) electrons. The van der Waals surface area contributed by atoms with Gasteiger partial charge in [0.15, 0.2) is 0 Å². The lowest BCUT2D eigenvalue weighted by Crippen LogP contribution is -2.54. The summed E-state index contributed by atoms with van der Waals surface area (Å²) < 4.78 is 0. The van der Waals surface area contributed by atoms with Crippen LogP contribution in [-0.4, -0.2) is 64.7 Å². The maximum Gasteiger partial charge on any atom is 0.312 e. The van der Waals surface area contributed by atoms with Crippen molar-refractivity contribution in [3.8, 4) is 0 Å². The molecule has 0 bridgehead atoms. The van der Waals surface area contributed by atoms with Crippen LogP contribution in [0.3, 0.4) is 0 Å². The summed E-state index contributed by atoms with van der Waals surface area (Å²) in [6, 6.07) is 3.09. The highest BCUT2D eigenvalue weighted by Crippen LogP contribution is 2.11. The first-order chi connectivity index (χ1) is 10.9. The Morgan fingerprint density at radius 3 is 2.26 bits per heavy atom. The second kappa shape index (κ2) is 7.41. The van der Waals surface area contributed by atoms with E-state index in [9.17, 15) is 14.4 Å². The lowest BCUT2D eigenvalue weighted by molar-refractivity contribution is -0.147. The molecule has 1 fully saturated rings. The average Bonchev–Trinajstić information content (AvgIpc) is 2.53. The van der Waals surface area contributed by atoms with E-state index in [1.54, 1.807) is 30.9 Å². The molecular weight excluding hydrogens is 320 g/mol. The third-order valence-electron chi connectivity index (χ3n) is 3.44. The fraction of sp³-hybridized carbons (Fsp3) is 0.467. The molecule has 0 unspecified atom stereocenters. The highest BCUT2D eigenvalue weighted by atomic mass is 35.5. The van der Waals surface area contributed by atoms with Crippen molar-refractivity contribution in [2.24, 2.45) is 0 Å². The van der Waals surface area contributed by atoms with Crippen LogP contribution in [0.1, 0.15) is 24.2 Å². The molecule has 2 heterocycles. The zero-order valence-electron chi connectivity index (χ0n) is 13.1. The number of halogens is 1. The summed E-state index contributed by atoms with van der Waals surface area (Å²) in [5.41, 5.74) is 0.451. The summed E-state index contributed by atoms with van der Waals surface area (Å²) >= 11 is 5.70. The Labute approximate surface area is 139 Å². The summed E-state index contributed by atoms with van der Waals surface area (Å²) in [5.74, 6) is -1.33. The van der Waals surface area contributed by atoms with Gasteiger partial charge in [0.25, 0.3) is 5.91 Å². The van der Waals surface area contributed by atoms with E-state index in [2.05, 4.69) is 10.3 Å². The van der Waals surface area contributed by atoms with Gasteiger partial charge in [-0.2, -0.15) is 0 Å². The van der Waals surface area contributed by atoms with Crippen LogP contribution in [0.15, 0.2) is 18.3 Å². The van der Waals surface area contributed by atoms with E-state index in [4.69, 9.17) is 11.6 Å². The molecule has 1 aliphatic heterocycles. The summed E-state index contributed by atoms with van der Waals surface area (Å²) in [6.07, 6.45) is 1.43. The Morgan fingerprint density at radius 2 is 1.74 bits per heavy atom. The molecular formula is C15H19ClN4O3. The maximum absolute atomic E-state index is 12.3. The van der Waals surface area contributed by atoms with Crippen molar-refractivity contribution in [1.29, 1.82) is 0 Å². The van der Waals surface area contributed by atoms with Crippen molar-refractivity contribution in [3.63, 3.8) is 0 Å². The van der Waals surface area contributed by atoms with Crippen molar-refractivity contribution in [3.05, 3.63) is 29.0 Å². The Morgan fingerprint density at radius 1 is 1.13 bits per heavy atom. The SMILES string of the molecule is CC(C)NC(=O)C(=O)N1CCN(C(=O)c2ccc(Cl)nc2)CC1. The molecule has 1 N–H and O–H groups in total. The van der Waals surface area contributed by atoms with Gasteiger partial charge in [-0.25, -0.2) is 4.98 Å². The molecule has 2 rings (SSSR count). The number of rotatable bonds is 2. The molecule has 1 aliphatic rings. The van der Waals surface area contributed by atoms with E-state index < -0.39 is 11.8 Å². The monoisotopic (exact) mass is 338 g/mol. The highest BCUT2D eigenvalue weighted by Gasteiger charge is 2.28. The minimum atomic E-state index is -0.610. The molecule has 0 saturated carbocycles. The molecule has 23 heavy (non-hydrogen) atoms. The van der Waals surface area contributed by atoms with Crippen molar-refractivity contribution >= 4 is 29.3 Å². The fourth-order valence-electron chi connectivity index (χ4n) is 2.27. The minimum Gasteiger partial charge on any atom is -0.346 e. The van der Waals surface area contributed by atoms with E-state index >= 15 is 0 Å². The van der Waals surface area contributed by atoms with Gasteiger partial charge in [0, 0.05) is 38.4 Å². The quantitative estimate of drug-likeness (QED) is 0.630. The maximum atomic E-state index is 12.3. The summed E-state index contributed by atoms with van der Waals surface area (Å²) in [5, 5.41) is 2.90. The molecule has 8 heteroatoms. The molecule has 124 valence electrons. The van der Waals surface area contributed by atoms with Gasteiger partial charge in [-0.3, -0.25) is 14.4 Å². The van der Waals surface area contributed by atoms with Crippen LogP contribution < -0.4 is 5.32 Å². The van der Waals surface area contributed by atoms with E-state index in [0.29, 0.717) is 36.9 Å². The third kappa shape index (κ3) is 4.41. The molecule has 0 aromatic carbocycles. The lowest BCUT2D eigenvalue weighted by Gasteiger charge is -2.34. The van der Waals surface area contributed by atoms with Crippen LogP contribution in [-0.2, 0) is 9.59 Å². The second-order valence-corrected chi connectivity index (χ2v) is 5.97. The van der Waals surface area contributed by atoms with Crippen LogP contribution in [0.4, 0.5) is 0 Å². The zero-order valence-corrected chi connectivity index (χ0v) is 13.8. The number of nitrogens with one attached hydrogen (secondary N) is 1. The first-order valence-corrected chi connectivity index (χ1v) is 7.77. The third-order valence-corrected chi connectivity index (χ3v) is 3.67. The Balaban J connectivity index is 1.90. The van der Waals surface area contributed by atoms with Gasteiger partial charge in [0.2, 0.25) is 0 Å². The van der Waals surface area contributed by atoms with Gasteiger partial charge in [-0.05, 0) is 26.0 Å². The van der Waals surface area contributed by atoms with Crippen LogP contribution in [0.2, 0.25) is 5.15 Å². The number of aromatic nitrogens is 1. The first-order valence-electron chi connectivity index (χ1n) is 7.39. The van der Waals surface area contributed by atoms with E-state index in [-0.39, 0.29) is 11.9 Å². The van der Waals surface area contributed by atoms with Gasteiger partial charge in [-0.15, -0.1) is 0 Å². The highest BCUT2D eigenvalue weighted by molar-refractivity contribution is 6.35. The van der Waals surface area contributed by atoms with E-state index in [1.807, 2.05) is 0 Å². The Kier molecular flexibility index (Phi) is 5.54. The fourth-order valence-corrected chi connectivity index (χ4v) is 2.38. The summed E-state index contributed by atoms with van der Waals surface area (Å²) in [6.45, 7) is 5.00. The van der Waals surface area contributed by atoms with Crippen molar-refractivity contribution in [1.82, 2.24) is 20.1 Å². The second-order valence-electron chi connectivity index (χ2n) is 5.58. The number of pyridine rings is 1. The predicted octanol–water partition coefficient (Wildman–Crippen LogP) is 0.544. The Hall–Kier alpha value is -2.15. The lowest BCUT2D eigenvalue weighted by atomic mass is 10.2. The first kappa shape index (κ1) is 17.2. The normalized spacial score (nSPS) is 14.8. The standard InChI is InChI=1S/C15H19ClN4O3/c1-10(2)18-13(21)15(23)20-7-5-19(6-8-20)14(22)11-3-4-12(16)17-9-11/h3-4,9-10H,5-8H2,1-2H3,(H,18,21). The Bertz CT molecular complexity index is 595. The smallest absolute Gasteiger partial charge is 0.312 e. The topological polar surface area (TPSA) is 82.6 Å². The average molecular weight is 339 g/mol. The van der Waals surface area contributed by atoms with Crippen LogP contribution in [0.25, 0.3) is 0 Å². The molecule has 1 saturated heterocycles. The van der Waals surface area contributed by atoms with E-state index in [1.165, 1.54) is 11.1 Å². The molecule has 1 aromatic heterocycles. The number of nitrogens with zero attached hydrogens (tertiary/aromatic N) is 3. The summed E-state index contributed by atoms with van der Waals surface area (Å²) in [4.78, 5) is 43.0. The number of carbonyl (C=O) groups excluding carboxylic acids is 3. The van der Waals surface area contributed by atoms with Crippen LogP contribution >= 0.6 is 11.6 Å². The minimum absolute atomic E-state index is 0.0910. The zero-order chi connectivity index (χ0) is 17.0. The van der Waals surface area contributed by atoms with Crippen molar-refractivity contribution in [2.45, 2.75) is 19.9 Å². The van der Waals surface area contributed by atoms with Gasteiger partial charge >= 0.3 is 11.8 Å². The van der Waals surface area contributed by atoms with Crippen molar-refractivity contribution in [2.75, 3.05) is 26.2 Å². The number of hydrogen-bond acceptors (Lipinski definition) is 4. The largest absolute Gasteiger partial charge is 0.346 e. The molecule has 3 amide bonds. The van der Waals surface area contributed by atoms with Crippen LogP contribution in [0.5, 0.6) is 0 Å². The molecule has 7 nitrogen and oxygen atoms in total.